The molecule has 0 aromatic heterocycles. The van der Waals surface area contributed by atoms with E-state index in [0.29, 0.717) is 16.3 Å². The number of cyclic esters (lactones) is 1. The number of hydrogen-bond donors (Lipinski definition) is 0. The van der Waals surface area contributed by atoms with E-state index in [9.17, 15) is 4.79 Å². The highest BCUT2D eigenvalue weighted by Crippen LogP contribution is 2.21. The van der Waals surface area contributed by atoms with Crippen molar-refractivity contribution in [2.75, 3.05) is 0 Å². The molecule has 0 bridgehead atoms. The lowest BCUT2D eigenvalue weighted by Gasteiger charge is -1.99. The van der Waals surface area contributed by atoms with Crippen molar-refractivity contribution < 1.29 is 9.53 Å². The highest BCUT2D eigenvalue weighted by atomic mass is 35.5. The van der Waals surface area contributed by atoms with Crippen molar-refractivity contribution in [1.82, 2.24) is 0 Å². The quantitative estimate of drug-likeness (QED) is 0.628. The van der Waals surface area contributed by atoms with Crippen LogP contribution in [0.15, 0.2) is 59.2 Å². The molecule has 0 aliphatic carbocycles. The van der Waals surface area contributed by atoms with Gasteiger partial charge in [0.1, 0.15) is 0 Å². The lowest BCUT2D eigenvalue weighted by molar-refractivity contribution is -0.129. The Labute approximate surface area is 133 Å². The first-order valence-corrected chi connectivity index (χ1v) is 7.41. The third-order valence-corrected chi connectivity index (χ3v) is 3.62. The van der Waals surface area contributed by atoms with Crippen LogP contribution < -0.4 is 0 Å². The number of nitrogens with zero attached hydrogens (tertiary/aromatic N) is 1. The molecule has 110 valence electrons. The minimum Gasteiger partial charge on any atom is -0.402 e. The molecule has 0 saturated carbocycles. The molecule has 0 spiro atoms. The van der Waals surface area contributed by atoms with Crippen molar-refractivity contribution in [1.29, 1.82) is 0 Å². The molecule has 0 saturated heterocycles. The number of aliphatic imine (C=N–C) groups is 1. The van der Waals surface area contributed by atoms with E-state index in [1.165, 1.54) is 5.56 Å². The number of carbonyl (C=O) groups is 1. The molecular weight excluding hydrogens is 298 g/mol. The zero-order valence-electron chi connectivity index (χ0n) is 12.0. The number of carbonyl (C=O) groups excluding carboxylic acids is 1. The summed E-state index contributed by atoms with van der Waals surface area (Å²) < 4.78 is 5.22. The second-order valence-electron chi connectivity index (χ2n) is 4.94. The Bertz CT molecular complexity index is 776. The van der Waals surface area contributed by atoms with Crippen LogP contribution in [-0.4, -0.2) is 11.9 Å². The summed E-state index contributed by atoms with van der Waals surface area (Å²) in [5, 5.41) is 0.573. The molecule has 1 heterocycles. The smallest absolute Gasteiger partial charge is 0.363 e. The monoisotopic (exact) mass is 311 g/mol. The van der Waals surface area contributed by atoms with Crippen molar-refractivity contribution >= 4 is 29.5 Å². The maximum Gasteiger partial charge on any atom is 0.363 e. The fourth-order valence-corrected chi connectivity index (χ4v) is 2.35. The van der Waals surface area contributed by atoms with Gasteiger partial charge in [0.05, 0.1) is 0 Å². The van der Waals surface area contributed by atoms with Gasteiger partial charge in [-0.25, -0.2) is 9.79 Å². The molecule has 3 rings (SSSR count). The van der Waals surface area contributed by atoms with Crippen LogP contribution in [0.1, 0.15) is 23.6 Å². The molecule has 2 aromatic rings. The van der Waals surface area contributed by atoms with E-state index < -0.39 is 5.97 Å². The van der Waals surface area contributed by atoms with Gasteiger partial charge in [0, 0.05) is 10.6 Å². The molecule has 22 heavy (non-hydrogen) atoms. The molecule has 2 aromatic carbocycles. The number of ether oxygens (including phenoxy) is 1. The zero-order valence-corrected chi connectivity index (χ0v) is 12.8. The van der Waals surface area contributed by atoms with Gasteiger partial charge in [0.15, 0.2) is 5.70 Å². The maximum atomic E-state index is 11.9. The van der Waals surface area contributed by atoms with Gasteiger partial charge in [-0.2, -0.15) is 0 Å². The Morgan fingerprint density at radius 1 is 1.18 bits per heavy atom. The highest BCUT2D eigenvalue weighted by molar-refractivity contribution is 6.31. The minimum atomic E-state index is -0.449. The second-order valence-corrected chi connectivity index (χ2v) is 5.38. The third-order valence-electron chi connectivity index (χ3n) is 3.38. The number of hydrogen-bond acceptors (Lipinski definition) is 3. The van der Waals surface area contributed by atoms with E-state index in [0.717, 1.165) is 12.0 Å². The molecule has 0 atom stereocenters. The minimum absolute atomic E-state index is 0.281. The molecule has 3 nitrogen and oxygen atoms in total. The summed E-state index contributed by atoms with van der Waals surface area (Å²) >= 11 is 5.94. The Morgan fingerprint density at radius 2 is 1.95 bits per heavy atom. The summed E-state index contributed by atoms with van der Waals surface area (Å²) in [5.41, 5.74) is 3.14. The van der Waals surface area contributed by atoms with E-state index in [1.54, 1.807) is 30.3 Å². The van der Waals surface area contributed by atoms with Crippen LogP contribution in [0.4, 0.5) is 0 Å². The molecular formula is C18H14ClNO2. The highest BCUT2D eigenvalue weighted by Gasteiger charge is 2.24. The van der Waals surface area contributed by atoms with Crippen LogP contribution in [0, 0.1) is 0 Å². The van der Waals surface area contributed by atoms with Gasteiger partial charge >= 0.3 is 5.97 Å². The lowest BCUT2D eigenvalue weighted by atomic mass is 10.1. The van der Waals surface area contributed by atoms with Gasteiger partial charge in [-0.05, 0) is 41.8 Å². The SMILES string of the molecule is CCc1ccc(/C=C2/N=C(c3cccc(Cl)c3)OC2=O)cc1. The molecule has 0 amide bonds. The normalized spacial score (nSPS) is 15.8. The summed E-state index contributed by atoms with van der Waals surface area (Å²) in [7, 11) is 0. The molecule has 0 N–H and O–H groups in total. The first-order chi connectivity index (χ1) is 10.7. The van der Waals surface area contributed by atoms with Crippen LogP contribution in [0.3, 0.4) is 0 Å². The Hall–Kier alpha value is -2.39. The van der Waals surface area contributed by atoms with Crippen LogP contribution >= 0.6 is 11.6 Å². The van der Waals surface area contributed by atoms with Crippen LogP contribution in [-0.2, 0) is 16.0 Å². The standard InChI is InChI=1S/C18H14ClNO2/c1-2-12-6-8-13(9-7-12)10-16-18(21)22-17(20-16)14-4-3-5-15(19)11-14/h3-11H,2H2,1H3/b16-10+. The number of halogens is 1. The van der Waals surface area contributed by atoms with E-state index in [-0.39, 0.29) is 5.90 Å². The van der Waals surface area contributed by atoms with E-state index >= 15 is 0 Å². The zero-order chi connectivity index (χ0) is 15.5. The van der Waals surface area contributed by atoms with Crippen LogP contribution in [0.2, 0.25) is 5.02 Å². The Balaban J connectivity index is 1.90. The second kappa shape index (κ2) is 6.16. The number of benzene rings is 2. The van der Waals surface area contributed by atoms with Crippen molar-refractivity contribution in [3.8, 4) is 0 Å². The summed E-state index contributed by atoms with van der Waals surface area (Å²) in [6.07, 6.45) is 2.70. The Kier molecular flexibility index (Phi) is 4.07. The van der Waals surface area contributed by atoms with Crippen molar-refractivity contribution in [2.45, 2.75) is 13.3 Å². The molecule has 0 unspecified atom stereocenters. The van der Waals surface area contributed by atoms with Gasteiger partial charge in [-0.1, -0.05) is 48.9 Å². The van der Waals surface area contributed by atoms with Crippen molar-refractivity contribution in [2.24, 2.45) is 4.99 Å². The summed E-state index contributed by atoms with van der Waals surface area (Å²) in [4.78, 5) is 16.2. The first-order valence-electron chi connectivity index (χ1n) is 7.03. The first kappa shape index (κ1) is 14.5. The number of rotatable bonds is 3. The average molecular weight is 312 g/mol. The number of esters is 1. The molecule has 4 heteroatoms. The van der Waals surface area contributed by atoms with E-state index in [1.807, 2.05) is 24.3 Å². The van der Waals surface area contributed by atoms with Crippen molar-refractivity contribution in [3.63, 3.8) is 0 Å². The number of aryl methyl sites for hydroxylation is 1. The van der Waals surface area contributed by atoms with E-state index in [4.69, 9.17) is 16.3 Å². The van der Waals surface area contributed by atoms with Gasteiger partial charge in [0.2, 0.25) is 5.90 Å². The maximum absolute atomic E-state index is 11.9. The van der Waals surface area contributed by atoms with Crippen LogP contribution in [0.25, 0.3) is 6.08 Å². The predicted octanol–water partition coefficient (Wildman–Crippen LogP) is 4.25. The molecule has 1 aliphatic heterocycles. The van der Waals surface area contributed by atoms with Gasteiger partial charge in [0.25, 0.3) is 0 Å². The van der Waals surface area contributed by atoms with Gasteiger partial charge < -0.3 is 4.74 Å². The fourth-order valence-electron chi connectivity index (χ4n) is 2.16. The largest absolute Gasteiger partial charge is 0.402 e. The summed E-state index contributed by atoms with van der Waals surface area (Å²) in [6.45, 7) is 2.10. The van der Waals surface area contributed by atoms with Crippen LogP contribution in [0.5, 0.6) is 0 Å². The fraction of sp³-hybridized carbons (Fsp3) is 0.111. The molecule has 1 aliphatic rings. The summed E-state index contributed by atoms with van der Waals surface area (Å²) in [6, 6.07) is 15.1. The van der Waals surface area contributed by atoms with Gasteiger partial charge in [-0.15, -0.1) is 0 Å². The predicted molar refractivity (Wildman–Crippen MR) is 87.9 cm³/mol. The lowest BCUT2D eigenvalue weighted by Crippen LogP contribution is -2.05. The summed E-state index contributed by atoms with van der Waals surface area (Å²) in [5.74, 6) is -0.168. The molecule has 0 radical (unpaired) electrons. The Morgan fingerprint density at radius 3 is 2.64 bits per heavy atom. The van der Waals surface area contributed by atoms with Gasteiger partial charge in [-0.3, -0.25) is 0 Å². The van der Waals surface area contributed by atoms with E-state index in [2.05, 4.69) is 11.9 Å². The van der Waals surface area contributed by atoms with Crippen molar-refractivity contribution in [3.05, 3.63) is 75.9 Å². The average Bonchev–Trinajstić information content (AvgIpc) is 2.89. The molecule has 0 fully saturated rings. The topological polar surface area (TPSA) is 38.7 Å². The third kappa shape index (κ3) is 3.10.